The third-order valence-corrected chi connectivity index (χ3v) is 2.54. The molecule has 0 aromatic rings. The van der Waals surface area contributed by atoms with Crippen LogP contribution in [-0.2, 0) is 9.53 Å². The van der Waals surface area contributed by atoms with Gasteiger partial charge in [0.1, 0.15) is 11.6 Å². The molecule has 16 heavy (non-hydrogen) atoms. The van der Waals surface area contributed by atoms with Crippen LogP contribution in [0.2, 0.25) is 0 Å². The number of carbonyl (C=O) groups is 1. The Kier molecular flexibility index (Phi) is 6.48. The summed E-state index contributed by atoms with van der Waals surface area (Å²) in [7, 11) is 0. The SMILES string of the molecule is C=C(C#N)C(=O)OCCCC(C)(C)CCC. The van der Waals surface area contributed by atoms with Crippen molar-refractivity contribution in [2.75, 3.05) is 6.61 Å². The summed E-state index contributed by atoms with van der Waals surface area (Å²) >= 11 is 0. The minimum atomic E-state index is -0.601. The van der Waals surface area contributed by atoms with E-state index in [0.29, 0.717) is 12.0 Å². The maximum absolute atomic E-state index is 11.1. The summed E-state index contributed by atoms with van der Waals surface area (Å²) < 4.78 is 4.91. The van der Waals surface area contributed by atoms with Crippen molar-refractivity contribution in [1.29, 1.82) is 5.26 Å². The van der Waals surface area contributed by atoms with Crippen molar-refractivity contribution in [3.8, 4) is 6.07 Å². The van der Waals surface area contributed by atoms with E-state index >= 15 is 0 Å². The van der Waals surface area contributed by atoms with E-state index in [1.165, 1.54) is 6.42 Å². The van der Waals surface area contributed by atoms with Crippen molar-refractivity contribution < 1.29 is 9.53 Å². The Morgan fingerprint density at radius 2 is 2.06 bits per heavy atom. The molecule has 0 aromatic carbocycles. The number of nitrogens with zero attached hydrogens (tertiary/aromatic N) is 1. The lowest BCUT2D eigenvalue weighted by molar-refractivity contribution is -0.138. The minimum Gasteiger partial charge on any atom is -0.462 e. The molecule has 0 aliphatic heterocycles. The van der Waals surface area contributed by atoms with E-state index in [2.05, 4.69) is 27.4 Å². The number of carbonyl (C=O) groups excluding carboxylic acids is 1. The van der Waals surface area contributed by atoms with Gasteiger partial charge in [-0.1, -0.05) is 33.8 Å². The smallest absolute Gasteiger partial charge is 0.348 e. The van der Waals surface area contributed by atoms with Crippen LogP contribution in [-0.4, -0.2) is 12.6 Å². The molecule has 0 spiro atoms. The number of ether oxygens (including phenoxy) is 1. The van der Waals surface area contributed by atoms with Crippen LogP contribution in [0.5, 0.6) is 0 Å². The van der Waals surface area contributed by atoms with Crippen molar-refractivity contribution >= 4 is 5.97 Å². The highest BCUT2D eigenvalue weighted by Gasteiger charge is 2.16. The van der Waals surface area contributed by atoms with Gasteiger partial charge in [0.05, 0.1) is 6.61 Å². The highest BCUT2D eigenvalue weighted by Crippen LogP contribution is 2.27. The predicted octanol–water partition coefficient (Wildman–Crippen LogP) is 3.22. The van der Waals surface area contributed by atoms with Crippen LogP contribution < -0.4 is 0 Å². The van der Waals surface area contributed by atoms with Crippen LogP contribution >= 0.6 is 0 Å². The normalized spacial score (nSPS) is 10.6. The van der Waals surface area contributed by atoms with Gasteiger partial charge in [0.2, 0.25) is 0 Å². The quantitative estimate of drug-likeness (QED) is 0.288. The van der Waals surface area contributed by atoms with Gasteiger partial charge in [-0.05, 0) is 24.7 Å². The first-order chi connectivity index (χ1) is 7.43. The van der Waals surface area contributed by atoms with E-state index in [1.807, 2.05) is 0 Å². The molecule has 0 radical (unpaired) electrons. The predicted molar refractivity (Wildman–Crippen MR) is 63.6 cm³/mol. The summed E-state index contributed by atoms with van der Waals surface area (Å²) in [6, 6.07) is 1.67. The molecule has 0 rings (SSSR count). The molecule has 0 atom stereocenters. The first-order valence-corrected chi connectivity index (χ1v) is 5.69. The lowest BCUT2D eigenvalue weighted by Gasteiger charge is -2.23. The third kappa shape index (κ3) is 6.23. The second-order valence-electron chi connectivity index (χ2n) is 4.74. The van der Waals surface area contributed by atoms with Gasteiger partial charge in [0.25, 0.3) is 0 Å². The molecule has 0 heterocycles. The summed E-state index contributed by atoms with van der Waals surface area (Å²) in [5, 5.41) is 8.41. The number of esters is 1. The highest BCUT2D eigenvalue weighted by molar-refractivity contribution is 5.91. The fraction of sp³-hybridized carbons (Fsp3) is 0.692. The standard InChI is InChI=1S/C13H21NO2/c1-5-7-13(3,4)8-6-9-16-12(15)11(2)10-14/h2,5-9H2,1,3-4H3. The van der Waals surface area contributed by atoms with E-state index < -0.39 is 5.97 Å². The number of hydrogen-bond acceptors (Lipinski definition) is 3. The third-order valence-electron chi connectivity index (χ3n) is 2.54. The van der Waals surface area contributed by atoms with Crippen molar-refractivity contribution in [2.24, 2.45) is 5.41 Å². The van der Waals surface area contributed by atoms with Crippen LogP contribution in [0.25, 0.3) is 0 Å². The highest BCUT2D eigenvalue weighted by atomic mass is 16.5. The Bertz CT molecular complexity index is 287. The summed E-state index contributed by atoms with van der Waals surface area (Å²) in [6.45, 7) is 10.3. The van der Waals surface area contributed by atoms with Gasteiger partial charge in [-0.2, -0.15) is 5.26 Å². The van der Waals surface area contributed by atoms with Crippen molar-refractivity contribution in [2.45, 2.75) is 46.5 Å². The maximum Gasteiger partial charge on any atom is 0.348 e. The average Bonchev–Trinajstić information content (AvgIpc) is 2.22. The van der Waals surface area contributed by atoms with Gasteiger partial charge in [-0.15, -0.1) is 0 Å². The largest absolute Gasteiger partial charge is 0.462 e. The second-order valence-corrected chi connectivity index (χ2v) is 4.74. The summed E-state index contributed by atoms with van der Waals surface area (Å²) in [6.07, 6.45) is 4.19. The summed E-state index contributed by atoms with van der Waals surface area (Å²) in [4.78, 5) is 11.1. The molecule has 3 nitrogen and oxygen atoms in total. The van der Waals surface area contributed by atoms with Crippen LogP contribution in [0.4, 0.5) is 0 Å². The fourth-order valence-electron chi connectivity index (χ4n) is 1.65. The molecule has 0 saturated heterocycles. The molecule has 0 aliphatic carbocycles. The first kappa shape index (κ1) is 14.7. The van der Waals surface area contributed by atoms with Gasteiger partial charge in [-0.25, -0.2) is 4.79 Å². The van der Waals surface area contributed by atoms with Gasteiger partial charge in [0, 0.05) is 0 Å². The summed E-state index contributed by atoms with van der Waals surface area (Å²) in [5.41, 5.74) is 0.167. The molecule has 0 aromatic heterocycles. The van der Waals surface area contributed by atoms with E-state index in [1.54, 1.807) is 6.07 Å². The monoisotopic (exact) mass is 223 g/mol. The van der Waals surface area contributed by atoms with Gasteiger partial charge >= 0.3 is 5.97 Å². The van der Waals surface area contributed by atoms with E-state index in [0.717, 1.165) is 19.3 Å². The Hall–Kier alpha value is -1.30. The number of nitriles is 1. The Morgan fingerprint density at radius 1 is 1.44 bits per heavy atom. The van der Waals surface area contributed by atoms with E-state index in [-0.39, 0.29) is 5.57 Å². The molecule has 3 heteroatoms. The molecule has 0 N–H and O–H groups in total. The number of rotatable bonds is 7. The van der Waals surface area contributed by atoms with Crippen LogP contribution in [0.15, 0.2) is 12.2 Å². The topological polar surface area (TPSA) is 50.1 Å². The van der Waals surface area contributed by atoms with Gasteiger partial charge < -0.3 is 4.74 Å². The Balaban J connectivity index is 3.73. The molecule has 0 unspecified atom stereocenters. The molecule has 0 amide bonds. The number of hydrogen-bond donors (Lipinski definition) is 0. The first-order valence-electron chi connectivity index (χ1n) is 5.69. The fourth-order valence-corrected chi connectivity index (χ4v) is 1.65. The second kappa shape index (κ2) is 7.05. The Morgan fingerprint density at radius 3 is 2.56 bits per heavy atom. The lowest BCUT2D eigenvalue weighted by atomic mass is 9.83. The minimum absolute atomic E-state index is 0.132. The van der Waals surface area contributed by atoms with Gasteiger partial charge in [-0.3, -0.25) is 0 Å². The zero-order valence-corrected chi connectivity index (χ0v) is 10.5. The molecule has 90 valence electrons. The van der Waals surface area contributed by atoms with Crippen molar-refractivity contribution in [3.05, 3.63) is 12.2 Å². The average molecular weight is 223 g/mol. The molecule has 0 saturated carbocycles. The van der Waals surface area contributed by atoms with Crippen LogP contribution in [0.3, 0.4) is 0 Å². The zero-order chi connectivity index (χ0) is 12.6. The maximum atomic E-state index is 11.1. The van der Waals surface area contributed by atoms with E-state index in [9.17, 15) is 4.79 Å². The lowest BCUT2D eigenvalue weighted by Crippen LogP contribution is -2.13. The van der Waals surface area contributed by atoms with Gasteiger partial charge in [0.15, 0.2) is 0 Å². The summed E-state index contributed by atoms with van der Waals surface area (Å²) in [5.74, 6) is -0.601. The van der Waals surface area contributed by atoms with Crippen LogP contribution in [0.1, 0.15) is 46.5 Å². The van der Waals surface area contributed by atoms with Crippen molar-refractivity contribution in [1.82, 2.24) is 0 Å². The molecule has 0 aliphatic rings. The molecular weight excluding hydrogens is 202 g/mol. The zero-order valence-electron chi connectivity index (χ0n) is 10.5. The Labute approximate surface area is 98.1 Å². The molecule has 0 fully saturated rings. The van der Waals surface area contributed by atoms with E-state index in [4.69, 9.17) is 10.00 Å². The van der Waals surface area contributed by atoms with Crippen molar-refractivity contribution in [3.63, 3.8) is 0 Å². The molecular formula is C13H21NO2. The molecule has 0 bridgehead atoms. The van der Waals surface area contributed by atoms with Crippen LogP contribution in [0, 0.1) is 16.7 Å².